The fraction of sp³-hybridized carbons (Fsp3) is 0.579. The largest absolute Gasteiger partial charge is 0.325 e. The van der Waals surface area contributed by atoms with E-state index in [9.17, 15) is 4.79 Å². The average Bonchev–Trinajstić information content (AvgIpc) is 3.24. The second-order valence-corrected chi connectivity index (χ2v) is 8.48. The number of nitrogens with one attached hydrogen (secondary N) is 2. The normalized spacial score (nSPS) is 26.4. The first-order valence-electron chi connectivity index (χ1n) is 9.78. The van der Waals surface area contributed by atoms with Gasteiger partial charge in [0.1, 0.15) is 0 Å². The number of fused-ring (bicyclic) bond motifs is 1. The van der Waals surface area contributed by atoms with Gasteiger partial charge in [0.15, 0.2) is 5.82 Å². The summed E-state index contributed by atoms with van der Waals surface area (Å²) in [7, 11) is 0. The Balaban J connectivity index is 0.00000192. The van der Waals surface area contributed by atoms with Crippen molar-refractivity contribution in [2.24, 2.45) is 11.3 Å². The van der Waals surface area contributed by atoms with Crippen molar-refractivity contribution >= 4 is 35.6 Å². The number of benzene rings is 1. The third kappa shape index (κ3) is 3.29. The van der Waals surface area contributed by atoms with Crippen LogP contribution in [-0.4, -0.2) is 39.2 Å². The highest BCUT2D eigenvalue weighted by molar-refractivity contribution is 6.32. The van der Waals surface area contributed by atoms with Crippen LogP contribution in [0.4, 0.5) is 5.69 Å². The number of amides is 1. The fourth-order valence-electron chi connectivity index (χ4n) is 4.66. The van der Waals surface area contributed by atoms with Crippen LogP contribution >= 0.6 is 24.0 Å². The SMILES string of the molecule is Cl.O=C(Nc1ccc(Cl)c(-n2nnnc2C2CC2)c1)[C@@]12CCCC[C@H]1CNC2. The van der Waals surface area contributed by atoms with Gasteiger partial charge < -0.3 is 10.6 Å². The number of anilines is 1. The molecule has 0 bridgehead atoms. The van der Waals surface area contributed by atoms with Crippen LogP contribution in [0.3, 0.4) is 0 Å². The van der Waals surface area contributed by atoms with E-state index in [0.717, 1.165) is 56.7 Å². The number of hydrogen-bond acceptors (Lipinski definition) is 5. The molecule has 7 nitrogen and oxygen atoms in total. The highest BCUT2D eigenvalue weighted by atomic mass is 35.5. The number of carbonyl (C=O) groups excluding carboxylic acids is 1. The summed E-state index contributed by atoms with van der Waals surface area (Å²) in [4.78, 5) is 13.2. The molecule has 1 aromatic carbocycles. The standard InChI is InChI=1S/C19H23ClN6O.ClH/c20-15-7-6-14(9-16(15)26-17(12-4-5-12)23-24-25-26)22-18(27)19-8-2-1-3-13(19)10-21-11-19;/h6-7,9,12-13,21H,1-5,8,10-11H2,(H,22,27);1H/t13-,19+;/m0./s1. The summed E-state index contributed by atoms with van der Waals surface area (Å²) in [6.45, 7) is 1.71. The van der Waals surface area contributed by atoms with Crippen LogP contribution in [0.2, 0.25) is 5.02 Å². The van der Waals surface area contributed by atoms with Crippen molar-refractivity contribution in [1.29, 1.82) is 0 Å². The maximum Gasteiger partial charge on any atom is 0.232 e. The second kappa shape index (κ2) is 7.61. The van der Waals surface area contributed by atoms with Crippen LogP contribution in [0.5, 0.6) is 0 Å². The summed E-state index contributed by atoms with van der Waals surface area (Å²) in [6.07, 6.45) is 6.62. The molecule has 2 aromatic rings. The zero-order valence-corrected chi connectivity index (χ0v) is 17.1. The Morgan fingerprint density at radius 1 is 1.29 bits per heavy atom. The van der Waals surface area contributed by atoms with Gasteiger partial charge in [0.05, 0.1) is 16.1 Å². The Kier molecular flexibility index (Phi) is 5.33. The summed E-state index contributed by atoms with van der Waals surface area (Å²) in [5, 5.41) is 19.2. The molecule has 2 atom stereocenters. The molecule has 28 heavy (non-hydrogen) atoms. The summed E-state index contributed by atoms with van der Waals surface area (Å²) < 4.78 is 1.70. The number of nitrogens with zero attached hydrogens (tertiary/aromatic N) is 4. The van der Waals surface area contributed by atoms with Gasteiger partial charge in [0, 0.05) is 18.2 Å². The quantitative estimate of drug-likeness (QED) is 0.788. The van der Waals surface area contributed by atoms with E-state index in [-0.39, 0.29) is 23.7 Å². The first-order valence-corrected chi connectivity index (χ1v) is 10.2. The van der Waals surface area contributed by atoms with Gasteiger partial charge >= 0.3 is 0 Å². The molecule has 1 saturated heterocycles. The Labute approximate surface area is 175 Å². The van der Waals surface area contributed by atoms with Crippen LogP contribution in [-0.2, 0) is 4.79 Å². The van der Waals surface area contributed by atoms with Gasteiger partial charge in [-0.3, -0.25) is 4.79 Å². The summed E-state index contributed by atoms with van der Waals surface area (Å²) in [5.41, 5.74) is 1.16. The molecule has 2 aliphatic carbocycles. The highest BCUT2D eigenvalue weighted by Crippen LogP contribution is 2.45. The zero-order valence-electron chi connectivity index (χ0n) is 15.5. The Morgan fingerprint density at radius 3 is 2.96 bits per heavy atom. The van der Waals surface area contributed by atoms with Crippen LogP contribution < -0.4 is 10.6 Å². The van der Waals surface area contributed by atoms with Gasteiger partial charge in [-0.05, 0) is 66.8 Å². The van der Waals surface area contributed by atoms with Crippen LogP contribution in [0.15, 0.2) is 18.2 Å². The molecule has 0 unspecified atom stereocenters. The lowest BCUT2D eigenvalue weighted by molar-refractivity contribution is -0.128. The second-order valence-electron chi connectivity index (χ2n) is 8.07. The Bertz CT molecular complexity index is 883. The molecule has 2 saturated carbocycles. The van der Waals surface area contributed by atoms with E-state index in [0.29, 0.717) is 22.5 Å². The van der Waals surface area contributed by atoms with Gasteiger partial charge in [-0.2, -0.15) is 4.68 Å². The number of aromatic nitrogens is 4. The molecular formula is C19H24Cl2N6O. The van der Waals surface area contributed by atoms with E-state index >= 15 is 0 Å². The fourth-order valence-corrected chi connectivity index (χ4v) is 4.86. The maximum absolute atomic E-state index is 13.2. The van der Waals surface area contributed by atoms with Gasteiger partial charge in [-0.15, -0.1) is 17.5 Å². The first-order chi connectivity index (χ1) is 13.2. The molecule has 9 heteroatoms. The summed E-state index contributed by atoms with van der Waals surface area (Å²) >= 11 is 6.42. The molecule has 3 fully saturated rings. The molecule has 2 N–H and O–H groups in total. The van der Waals surface area contributed by atoms with Crippen molar-refractivity contribution in [3.63, 3.8) is 0 Å². The lowest BCUT2D eigenvalue weighted by Crippen LogP contribution is -2.44. The molecule has 1 aliphatic heterocycles. The Hall–Kier alpha value is -1.70. The molecule has 150 valence electrons. The van der Waals surface area contributed by atoms with Crippen molar-refractivity contribution in [3.8, 4) is 5.69 Å². The lowest BCUT2D eigenvalue weighted by Gasteiger charge is -2.37. The van der Waals surface area contributed by atoms with Crippen LogP contribution in [0, 0.1) is 11.3 Å². The van der Waals surface area contributed by atoms with Gasteiger partial charge in [0.25, 0.3) is 0 Å². The number of hydrogen-bond donors (Lipinski definition) is 2. The Morgan fingerprint density at radius 2 is 2.14 bits per heavy atom. The average molecular weight is 423 g/mol. The third-order valence-electron chi connectivity index (χ3n) is 6.36. The van der Waals surface area contributed by atoms with Gasteiger partial charge in [0.2, 0.25) is 5.91 Å². The van der Waals surface area contributed by atoms with Gasteiger partial charge in [-0.25, -0.2) is 0 Å². The molecule has 0 radical (unpaired) electrons. The van der Waals surface area contributed by atoms with Gasteiger partial charge in [-0.1, -0.05) is 24.4 Å². The molecule has 5 rings (SSSR count). The smallest absolute Gasteiger partial charge is 0.232 e. The van der Waals surface area contributed by atoms with Crippen LogP contribution in [0.25, 0.3) is 5.69 Å². The molecule has 3 aliphatic rings. The van der Waals surface area contributed by atoms with Crippen LogP contribution in [0.1, 0.15) is 50.3 Å². The van der Waals surface area contributed by atoms with E-state index in [4.69, 9.17) is 11.6 Å². The van der Waals surface area contributed by atoms with Crippen molar-refractivity contribution in [3.05, 3.63) is 29.0 Å². The molecule has 1 aromatic heterocycles. The first kappa shape index (κ1) is 19.6. The van der Waals surface area contributed by atoms with E-state index in [1.807, 2.05) is 12.1 Å². The monoisotopic (exact) mass is 422 g/mol. The highest BCUT2D eigenvalue weighted by Gasteiger charge is 2.49. The lowest BCUT2D eigenvalue weighted by atomic mass is 9.67. The number of halogens is 2. The number of carbonyl (C=O) groups is 1. The van der Waals surface area contributed by atoms with Crippen molar-refractivity contribution in [1.82, 2.24) is 25.5 Å². The van der Waals surface area contributed by atoms with Crippen molar-refractivity contribution < 1.29 is 4.79 Å². The van der Waals surface area contributed by atoms with E-state index in [1.54, 1.807) is 10.7 Å². The van der Waals surface area contributed by atoms with E-state index < -0.39 is 0 Å². The van der Waals surface area contributed by atoms with E-state index in [2.05, 4.69) is 26.2 Å². The predicted molar refractivity (Wildman–Crippen MR) is 109 cm³/mol. The molecular weight excluding hydrogens is 399 g/mol. The van der Waals surface area contributed by atoms with Crippen molar-refractivity contribution in [2.75, 3.05) is 18.4 Å². The number of rotatable bonds is 4. The summed E-state index contributed by atoms with van der Waals surface area (Å²) in [5.74, 6) is 1.79. The molecule has 2 heterocycles. The molecule has 1 amide bonds. The maximum atomic E-state index is 13.2. The predicted octanol–water partition coefficient (Wildman–Crippen LogP) is 3.33. The minimum Gasteiger partial charge on any atom is -0.325 e. The topological polar surface area (TPSA) is 84.7 Å². The molecule has 0 spiro atoms. The minimum absolute atomic E-state index is 0. The van der Waals surface area contributed by atoms with Crippen molar-refractivity contribution in [2.45, 2.75) is 44.4 Å². The zero-order chi connectivity index (χ0) is 18.4. The van der Waals surface area contributed by atoms with E-state index in [1.165, 1.54) is 6.42 Å². The number of tetrazole rings is 1. The summed E-state index contributed by atoms with van der Waals surface area (Å²) in [6, 6.07) is 5.52. The minimum atomic E-state index is -0.286. The third-order valence-corrected chi connectivity index (χ3v) is 6.68.